The molecule has 0 aliphatic carbocycles. The molecule has 0 atom stereocenters. The number of ether oxygens (including phenoxy) is 1. The lowest BCUT2D eigenvalue weighted by Crippen LogP contribution is -2.55. The monoisotopic (exact) mass is 216 g/mol. The van der Waals surface area contributed by atoms with Crippen molar-refractivity contribution in [2.45, 2.75) is 54.4 Å². The zero-order valence-corrected chi connectivity index (χ0v) is 11.2. The highest BCUT2D eigenvalue weighted by molar-refractivity contribution is 5.03. The van der Waals surface area contributed by atoms with E-state index < -0.39 is 5.97 Å². The third kappa shape index (κ3) is 1.61. The third-order valence-electron chi connectivity index (χ3n) is 4.12. The minimum Gasteiger partial charge on any atom is -0.327 e. The first-order chi connectivity index (χ1) is 6.52. The van der Waals surface area contributed by atoms with E-state index in [0.717, 1.165) is 0 Å². The van der Waals surface area contributed by atoms with E-state index in [1.165, 1.54) is 0 Å². The van der Waals surface area contributed by atoms with Crippen LogP contribution in [0.3, 0.4) is 0 Å². The number of hydrogen-bond donors (Lipinski definition) is 0. The second-order valence-electron chi connectivity index (χ2n) is 6.55. The van der Waals surface area contributed by atoms with Crippen molar-refractivity contribution in [2.24, 2.45) is 16.2 Å². The highest BCUT2D eigenvalue weighted by Crippen LogP contribution is 2.64. The first-order valence-electron chi connectivity index (χ1n) is 5.44. The molecule has 0 N–H and O–H groups in total. The predicted octanol–water partition coefficient (Wildman–Crippen LogP) is 3.35. The van der Waals surface area contributed by atoms with Crippen LogP contribution >= 0.6 is 0 Å². The average Bonchev–Trinajstić information content (AvgIpc) is 2.79. The maximum Gasteiger partial charge on any atom is 0.346 e. The van der Waals surface area contributed by atoms with Crippen LogP contribution in [-0.4, -0.2) is 13.1 Å². The molecule has 3 nitrogen and oxygen atoms in total. The van der Waals surface area contributed by atoms with Crippen molar-refractivity contribution in [3.63, 3.8) is 0 Å². The van der Waals surface area contributed by atoms with E-state index >= 15 is 0 Å². The molecule has 0 bridgehead atoms. The second kappa shape index (κ2) is 3.19. The summed E-state index contributed by atoms with van der Waals surface area (Å²) >= 11 is 0. The van der Waals surface area contributed by atoms with Crippen LogP contribution in [0.1, 0.15) is 48.5 Å². The summed E-state index contributed by atoms with van der Waals surface area (Å²) in [6.07, 6.45) is 0. The van der Waals surface area contributed by atoms with Crippen LogP contribution in [0.15, 0.2) is 0 Å². The van der Waals surface area contributed by atoms with E-state index in [-0.39, 0.29) is 16.2 Å². The predicted molar refractivity (Wildman–Crippen MR) is 58.9 cm³/mol. The molecule has 0 radical (unpaired) electrons. The number of methoxy groups -OCH3 is 1. The zero-order valence-electron chi connectivity index (χ0n) is 11.2. The molecule has 1 aliphatic rings. The number of rotatable bonds is 2. The van der Waals surface area contributed by atoms with Crippen LogP contribution in [0, 0.1) is 16.2 Å². The summed E-state index contributed by atoms with van der Waals surface area (Å²) < 4.78 is 5.42. The average molecular weight is 216 g/mol. The normalized spacial score (nSPS) is 21.6. The molecule has 1 heterocycles. The Bertz CT molecular complexity index is 227. The molecule has 15 heavy (non-hydrogen) atoms. The van der Waals surface area contributed by atoms with Crippen LogP contribution in [0.25, 0.3) is 0 Å². The van der Waals surface area contributed by atoms with Gasteiger partial charge in [0.05, 0.1) is 5.41 Å². The van der Waals surface area contributed by atoms with E-state index in [9.17, 15) is 0 Å². The molecule has 0 spiro atoms. The zero-order chi connectivity index (χ0) is 12.1. The molecular formula is C12H24O3. The van der Waals surface area contributed by atoms with Gasteiger partial charge < -0.3 is 4.74 Å². The van der Waals surface area contributed by atoms with E-state index in [1.54, 1.807) is 7.11 Å². The van der Waals surface area contributed by atoms with Crippen LogP contribution < -0.4 is 0 Å². The van der Waals surface area contributed by atoms with Crippen LogP contribution in [0.5, 0.6) is 0 Å². The van der Waals surface area contributed by atoms with E-state index in [1.807, 2.05) is 0 Å². The molecule has 0 aromatic rings. The van der Waals surface area contributed by atoms with Crippen molar-refractivity contribution in [1.29, 1.82) is 0 Å². The van der Waals surface area contributed by atoms with E-state index in [2.05, 4.69) is 48.5 Å². The van der Waals surface area contributed by atoms with Gasteiger partial charge in [-0.05, 0) is 10.8 Å². The van der Waals surface area contributed by atoms with Crippen molar-refractivity contribution in [3.8, 4) is 0 Å². The van der Waals surface area contributed by atoms with Crippen molar-refractivity contribution in [2.75, 3.05) is 7.11 Å². The van der Waals surface area contributed by atoms with Crippen LogP contribution in [0.4, 0.5) is 0 Å². The van der Waals surface area contributed by atoms with Gasteiger partial charge in [-0.25, -0.2) is 0 Å². The molecule has 1 aliphatic heterocycles. The van der Waals surface area contributed by atoms with Crippen LogP contribution in [0.2, 0.25) is 0 Å². The van der Waals surface area contributed by atoms with Crippen molar-refractivity contribution in [3.05, 3.63) is 0 Å². The minimum atomic E-state index is -0.885. The van der Waals surface area contributed by atoms with Gasteiger partial charge >= 0.3 is 5.97 Å². The largest absolute Gasteiger partial charge is 0.346 e. The highest BCUT2D eigenvalue weighted by atomic mass is 17.5. The maximum absolute atomic E-state index is 5.42. The lowest BCUT2D eigenvalue weighted by molar-refractivity contribution is -0.209. The fraction of sp³-hybridized carbons (Fsp3) is 1.00. The Kier molecular flexibility index (Phi) is 2.75. The van der Waals surface area contributed by atoms with Gasteiger partial charge in [0.25, 0.3) is 0 Å². The molecule has 3 heteroatoms. The first kappa shape index (κ1) is 12.9. The molecular weight excluding hydrogens is 192 g/mol. The van der Waals surface area contributed by atoms with E-state index in [4.69, 9.17) is 14.5 Å². The van der Waals surface area contributed by atoms with Crippen molar-refractivity contribution < 1.29 is 14.5 Å². The van der Waals surface area contributed by atoms with Gasteiger partial charge in [0.2, 0.25) is 0 Å². The van der Waals surface area contributed by atoms with Gasteiger partial charge in [-0.1, -0.05) is 48.5 Å². The fourth-order valence-electron chi connectivity index (χ4n) is 2.52. The third-order valence-corrected chi connectivity index (χ3v) is 4.12. The molecule has 1 fully saturated rings. The Hall–Kier alpha value is -0.120. The first-order valence-corrected chi connectivity index (χ1v) is 5.44. The quantitative estimate of drug-likeness (QED) is 0.524. The molecule has 0 aromatic heterocycles. The van der Waals surface area contributed by atoms with Gasteiger partial charge in [0.15, 0.2) is 0 Å². The van der Waals surface area contributed by atoms with Gasteiger partial charge in [0.1, 0.15) is 0 Å². The Labute approximate surface area is 93.0 Å². The smallest absolute Gasteiger partial charge is 0.327 e. The molecule has 0 amide bonds. The second-order valence-corrected chi connectivity index (χ2v) is 6.55. The van der Waals surface area contributed by atoms with Crippen LogP contribution in [-0.2, 0) is 14.5 Å². The summed E-state index contributed by atoms with van der Waals surface area (Å²) in [6.45, 7) is 15.3. The van der Waals surface area contributed by atoms with Gasteiger partial charge in [0, 0.05) is 7.11 Å². The Balaban J connectivity index is 3.21. The summed E-state index contributed by atoms with van der Waals surface area (Å²) in [5.74, 6) is -0.885. The van der Waals surface area contributed by atoms with Crippen molar-refractivity contribution in [1.82, 2.24) is 0 Å². The molecule has 0 aromatic carbocycles. The Morgan fingerprint density at radius 3 is 1.20 bits per heavy atom. The molecule has 90 valence electrons. The lowest BCUT2D eigenvalue weighted by Gasteiger charge is -2.51. The van der Waals surface area contributed by atoms with Gasteiger partial charge in [-0.15, -0.1) is 0 Å². The highest BCUT2D eigenvalue weighted by Gasteiger charge is 2.72. The maximum atomic E-state index is 5.42. The Morgan fingerprint density at radius 2 is 1.13 bits per heavy atom. The summed E-state index contributed by atoms with van der Waals surface area (Å²) in [6, 6.07) is 0. The van der Waals surface area contributed by atoms with Crippen molar-refractivity contribution >= 4 is 0 Å². The van der Waals surface area contributed by atoms with E-state index in [0.29, 0.717) is 0 Å². The van der Waals surface area contributed by atoms with Gasteiger partial charge in [-0.2, -0.15) is 9.78 Å². The molecule has 1 rings (SSSR count). The summed E-state index contributed by atoms with van der Waals surface area (Å²) in [5.41, 5.74) is -0.211. The lowest BCUT2D eigenvalue weighted by atomic mass is 9.54. The van der Waals surface area contributed by atoms with Gasteiger partial charge in [-0.3, -0.25) is 0 Å². The minimum absolute atomic E-state index is 0.0117. The summed E-state index contributed by atoms with van der Waals surface area (Å²) in [7, 11) is 1.63. The summed E-state index contributed by atoms with van der Waals surface area (Å²) in [4.78, 5) is 10.3. The molecule has 0 unspecified atom stereocenters. The Morgan fingerprint density at radius 1 is 0.800 bits per heavy atom. The standard InChI is InChI=1S/C12H24O3/c1-9(2,3)11(7,10(4,5)6)12(13-8)14-15-12/h1-8H3. The topological polar surface area (TPSA) is 34.3 Å². The fourth-order valence-corrected chi connectivity index (χ4v) is 2.52. The number of hydrogen-bond acceptors (Lipinski definition) is 3. The summed E-state index contributed by atoms with van der Waals surface area (Å²) in [5, 5.41) is 0. The SMILES string of the molecule is COC1(C(C)(C(C)(C)C)C(C)(C)C)OO1. The molecule has 0 saturated carbocycles. The molecule has 1 saturated heterocycles.